The molecule has 0 aliphatic heterocycles. The quantitative estimate of drug-likeness (QED) is 0.325. The molecule has 0 unspecified atom stereocenters. The van der Waals surface area contributed by atoms with Crippen molar-refractivity contribution in [1.29, 1.82) is 0 Å². The Morgan fingerprint density at radius 2 is 1.74 bits per heavy atom. The van der Waals surface area contributed by atoms with E-state index in [4.69, 9.17) is 11.6 Å². The third kappa shape index (κ3) is 4.63. The number of benzene rings is 2. The van der Waals surface area contributed by atoms with Gasteiger partial charge in [0.2, 0.25) is 0 Å². The van der Waals surface area contributed by atoms with Crippen LogP contribution in [0.3, 0.4) is 0 Å². The number of amides is 1. The summed E-state index contributed by atoms with van der Waals surface area (Å²) in [5.74, 6) is 0.221. The van der Waals surface area contributed by atoms with Gasteiger partial charge in [-0.2, -0.15) is 5.10 Å². The maximum absolute atomic E-state index is 13.8. The number of halogens is 1. The van der Waals surface area contributed by atoms with Crippen molar-refractivity contribution in [1.82, 2.24) is 29.2 Å². The summed E-state index contributed by atoms with van der Waals surface area (Å²) in [6, 6.07) is 15.8. The van der Waals surface area contributed by atoms with Crippen LogP contribution in [-0.2, 0) is 13.6 Å². The predicted octanol–water partition coefficient (Wildman–Crippen LogP) is 5.33. The number of hydrogen-bond donors (Lipinski definition) is 1. The van der Waals surface area contributed by atoms with Gasteiger partial charge in [-0.3, -0.25) is 23.6 Å². The zero-order chi connectivity index (χ0) is 27.3. The fourth-order valence-electron chi connectivity index (χ4n) is 5.95. The van der Waals surface area contributed by atoms with Gasteiger partial charge in [0.1, 0.15) is 0 Å². The van der Waals surface area contributed by atoms with Crippen LogP contribution in [0.2, 0.25) is 5.02 Å². The molecule has 8 nitrogen and oxygen atoms in total. The van der Waals surface area contributed by atoms with Crippen molar-refractivity contribution >= 4 is 39.4 Å². The summed E-state index contributed by atoms with van der Waals surface area (Å²) in [5, 5.41) is 9.19. The van der Waals surface area contributed by atoms with Crippen LogP contribution < -0.4 is 11.0 Å². The van der Waals surface area contributed by atoms with Crippen LogP contribution in [0, 0.1) is 19.8 Å². The lowest BCUT2D eigenvalue weighted by molar-refractivity contribution is 0.0919. The van der Waals surface area contributed by atoms with E-state index in [-0.39, 0.29) is 17.6 Å². The Morgan fingerprint density at radius 1 is 1.00 bits per heavy atom. The van der Waals surface area contributed by atoms with Crippen molar-refractivity contribution in [2.75, 3.05) is 0 Å². The number of fused-ring (bicyclic) bond motifs is 2. The molecule has 2 aromatic carbocycles. The number of rotatable bonds is 5. The van der Waals surface area contributed by atoms with E-state index < -0.39 is 0 Å². The standard InChI is InChI=1S/C30H31ClN6O2/c1-18-25(14-21(31)16-32-18)29(38)33-22-10-8-20(9-11-22)17-36-27-6-4-5-7-28(27)37(30(36)39)23-12-13-26-24(15-23)19(2)34-35(26)3/h4-7,12-16,20,22H,8-11,17H2,1-3H3,(H,33,38)/t20-,22-. The van der Waals surface area contributed by atoms with E-state index in [9.17, 15) is 9.59 Å². The number of imidazole rings is 1. The van der Waals surface area contributed by atoms with Crippen LogP contribution in [0.5, 0.6) is 0 Å². The second-order valence-electron chi connectivity index (χ2n) is 10.6. The zero-order valence-corrected chi connectivity index (χ0v) is 23.1. The van der Waals surface area contributed by atoms with Crippen LogP contribution in [0.1, 0.15) is 47.4 Å². The first-order chi connectivity index (χ1) is 18.8. The number of carbonyl (C=O) groups excluding carboxylic acids is 1. The van der Waals surface area contributed by atoms with Gasteiger partial charge in [-0.1, -0.05) is 23.7 Å². The van der Waals surface area contributed by atoms with E-state index in [1.54, 1.807) is 12.3 Å². The van der Waals surface area contributed by atoms with Crippen LogP contribution >= 0.6 is 11.6 Å². The van der Waals surface area contributed by atoms with Crippen molar-refractivity contribution in [3.63, 3.8) is 0 Å². The Kier molecular flexibility index (Phi) is 6.51. The first-order valence-electron chi connectivity index (χ1n) is 13.4. The van der Waals surface area contributed by atoms with Gasteiger partial charge in [0.25, 0.3) is 5.91 Å². The molecule has 0 radical (unpaired) electrons. The van der Waals surface area contributed by atoms with Crippen molar-refractivity contribution in [3.05, 3.63) is 87.2 Å². The molecule has 0 atom stereocenters. The van der Waals surface area contributed by atoms with E-state index >= 15 is 0 Å². The molecule has 3 aromatic heterocycles. The summed E-state index contributed by atoms with van der Waals surface area (Å²) >= 11 is 6.05. The Morgan fingerprint density at radius 3 is 2.51 bits per heavy atom. The lowest BCUT2D eigenvalue weighted by Gasteiger charge is -2.29. The Labute approximate surface area is 231 Å². The van der Waals surface area contributed by atoms with Crippen molar-refractivity contribution < 1.29 is 4.79 Å². The van der Waals surface area contributed by atoms with Gasteiger partial charge >= 0.3 is 5.69 Å². The fraction of sp³-hybridized carbons (Fsp3) is 0.333. The summed E-state index contributed by atoms with van der Waals surface area (Å²) in [7, 11) is 1.93. The topological polar surface area (TPSA) is 86.7 Å². The average Bonchev–Trinajstić information content (AvgIpc) is 3.37. The number of para-hydroxylation sites is 2. The summed E-state index contributed by atoms with van der Waals surface area (Å²) in [6.07, 6.45) is 5.16. The van der Waals surface area contributed by atoms with Crippen LogP contribution in [0.4, 0.5) is 0 Å². The first kappa shape index (κ1) is 25.4. The summed E-state index contributed by atoms with van der Waals surface area (Å²) in [6.45, 7) is 4.45. The maximum atomic E-state index is 13.8. The molecule has 1 aliphatic rings. The first-order valence-corrected chi connectivity index (χ1v) is 13.7. The van der Waals surface area contributed by atoms with E-state index in [0.29, 0.717) is 28.7 Å². The Balaban J connectivity index is 1.22. The third-order valence-electron chi connectivity index (χ3n) is 8.03. The highest BCUT2D eigenvalue weighted by atomic mass is 35.5. The van der Waals surface area contributed by atoms with Crippen LogP contribution in [0.15, 0.2) is 59.5 Å². The van der Waals surface area contributed by atoms with Crippen LogP contribution in [0.25, 0.3) is 27.6 Å². The molecule has 1 amide bonds. The Bertz CT molecular complexity index is 1770. The molecular formula is C30H31ClN6O2. The second-order valence-corrected chi connectivity index (χ2v) is 11.0. The maximum Gasteiger partial charge on any atom is 0.333 e. The number of pyridine rings is 1. The molecule has 0 spiro atoms. The lowest BCUT2D eigenvalue weighted by atomic mass is 9.85. The molecule has 0 saturated heterocycles. The van der Waals surface area contributed by atoms with Gasteiger partial charge in [-0.05, 0) is 81.8 Å². The van der Waals surface area contributed by atoms with Gasteiger partial charge in [0.05, 0.1) is 44.2 Å². The molecule has 9 heteroatoms. The minimum Gasteiger partial charge on any atom is -0.349 e. The van der Waals surface area contributed by atoms with Gasteiger partial charge in [-0.15, -0.1) is 0 Å². The summed E-state index contributed by atoms with van der Waals surface area (Å²) in [5.41, 5.74) is 5.81. The summed E-state index contributed by atoms with van der Waals surface area (Å²) in [4.78, 5) is 30.9. The fourth-order valence-corrected chi connectivity index (χ4v) is 6.11. The number of hydrogen-bond acceptors (Lipinski definition) is 4. The van der Waals surface area contributed by atoms with Gasteiger partial charge in [0, 0.05) is 31.2 Å². The third-order valence-corrected chi connectivity index (χ3v) is 8.24. The minimum absolute atomic E-state index is 0.0311. The zero-order valence-electron chi connectivity index (χ0n) is 22.3. The molecule has 1 saturated carbocycles. The van der Waals surface area contributed by atoms with Crippen molar-refractivity contribution in [3.8, 4) is 5.69 Å². The lowest BCUT2D eigenvalue weighted by Crippen LogP contribution is -2.39. The molecule has 3 heterocycles. The average molecular weight is 543 g/mol. The molecule has 1 fully saturated rings. The minimum atomic E-state index is -0.133. The number of carbonyl (C=O) groups is 1. The number of nitrogens with zero attached hydrogens (tertiary/aromatic N) is 5. The largest absolute Gasteiger partial charge is 0.349 e. The van der Waals surface area contributed by atoms with Gasteiger partial charge < -0.3 is 5.32 Å². The highest BCUT2D eigenvalue weighted by Crippen LogP contribution is 2.28. The Hall–Kier alpha value is -3.91. The molecule has 5 aromatic rings. The second kappa shape index (κ2) is 10.0. The SMILES string of the molecule is Cc1ncc(Cl)cc1C(=O)N[C@H]1CC[C@H](Cn2c(=O)n(-c3ccc4c(c3)c(C)nn4C)c3ccccc32)CC1. The highest BCUT2D eigenvalue weighted by Gasteiger charge is 2.26. The normalized spacial score (nSPS) is 17.6. The summed E-state index contributed by atoms with van der Waals surface area (Å²) < 4.78 is 5.60. The van der Waals surface area contributed by atoms with Gasteiger partial charge in [-0.25, -0.2) is 4.79 Å². The van der Waals surface area contributed by atoms with E-state index in [2.05, 4.69) is 21.5 Å². The molecule has 6 rings (SSSR count). The molecule has 1 aliphatic carbocycles. The number of nitrogens with one attached hydrogen (secondary N) is 1. The number of aryl methyl sites for hydroxylation is 3. The van der Waals surface area contributed by atoms with Crippen molar-refractivity contribution in [2.45, 2.75) is 52.1 Å². The van der Waals surface area contributed by atoms with E-state index in [1.165, 1.54) is 0 Å². The number of aromatic nitrogens is 5. The monoisotopic (exact) mass is 542 g/mol. The van der Waals surface area contributed by atoms with Crippen molar-refractivity contribution in [2.24, 2.45) is 13.0 Å². The molecular weight excluding hydrogens is 512 g/mol. The van der Waals surface area contributed by atoms with E-state index in [0.717, 1.165) is 59.0 Å². The molecule has 200 valence electrons. The molecule has 39 heavy (non-hydrogen) atoms. The molecule has 1 N–H and O–H groups in total. The smallest absolute Gasteiger partial charge is 0.333 e. The highest BCUT2D eigenvalue weighted by molar-refractivity contribution is 6.30. The van der Waals surface area contributed by atoms with Gasteiger partial charge in [0.15, 0.2) is 0 Å². The molecule has 0 bridgehead atoms. The van der Waals surface area contributed by atoms with E-state index in [1.807, 2.05) is 71.1 Å². The van der Waals surface area contributed by atoms with Crippen LogP contribution in [-0.4, -0.2) is 35.8 Å². The predicted molar refractivity (Wildman–Crippen MR) is 154 cm³/mol.